The van der Waals surface area contributed by atoms with Crippen LogP contribution >= 0.6 is 11.3 Å². The number of amides is 1. The lowest BCUT2D eigenvalue weighted by Crippen LogP contribution is -2.48. The summed E-state index contributed by atoms with van der Waals surface area (Å²) in [6.45, 7) is 0. The molecule has 1 N–H and O–H groups in total. The van der Waals surface area contributed by atoms with Crippen molar-refractivity contribution in [2.75, 3.05) is 12.4 Å². The lowest BCUT2D eigenvalue weighted by molar-refractivity contribution is -0.116. The average molecular weight is 398 g/mol. The van der Waals surface area contributed by atoms with E-state index < -0.39 is 0 Å². The maximum absolute atomic E-state index is 12.4. The molecule has 1 heterocycles. The van der Waals surface area contributed by atoms with Gasteiger partial charge in [-0.2, -0.15) is 0 Å². The predicted molar refractivity (Wildman–Crippen MR) is 110 cm³/mol. The van der Waals surface area contributed by atoms with Crippen molar-refractivity contribution in [3.63, 3.8) is 0 Å². The molecule has 6 rings (SSSR count). The number of aryl methyl sites for hydroxylation is 1. The van der Waals surface area contributed by atoms with Crippen LogP contribution in [-0.4, -0.2) is 23.2 Å². The summed E-state index contributed by atoms with van der Waals surface area (Å²) in [5.74, 6) is 3.50. The van der Waals surface area contributed by atoms with Crippen LogP contribution in [0, 0.1) is 17.8 Å². The highest BCUT2D eigenvalue weighted by Crippen LogP contribution is 2.61. The fourth-order valence-corrected chi connectivity index (χ4v) is 7.07. The topological polar surface area (TPSA) is 64.1 Å². The number of hydrogen-bond donors (Lipinski definition) is 1. The Labute approximate surface area is 169 Å². The van der Waals surface area contributed by atoms with E-state index in [4.69, 9.17) is 4.74 Å². The Bertz CT molecular complexity index is 826. The SMILES string of the molecule is COc1ccc(CCC(=O)Nc2nnc(C34CC5CC(CC(C5)C3)C4)s2)cc1. The minimum atomic E-state index is 0.00373. The van der Waals surface area contributed by atoms with Gasteiger partial charge in [0.15, 0.2) is 0 Å². The van der Waals surface area contributed by atoms with E-state index in [2.05, 4.69) is 15.5 Å². The van der Waals surface area contributed by atoms with E-state index in [0.717, 1.165) is 34.1 Å². The lowest BCUT2D eigenvalue weighted by atomic mass is 9.50. The van der Waals surface area contributed by atoms with Gasteiger partial charge in [-0.1, -0.05) is 23.5 Å². The van der Waals surface area contributed by atoms with Crippen molar-refractivity contribution in [2.45, 2.75) is 56.8 Å². The molecule has 0 radical (unpaired) electrons. The molecule has 6 heteroatoms. The first-order valence-electron chi connectivity index (χ1n) is 10.4. The van der Waals surface area contributed by atoms with E-state index in [9.17, 15) is 4.79 Å². The number of carbonyl (C=O) groups excluding carboxylic acids is 1. The highest BCUT2D eigenvalue weighted by molar-refractivity contribution is 7.15. The number of nitrogens with one attached hydrogen (secondary N) is 1. The molecule has 4 aliphatic carbocycles. The first-order chi connectivity index (χ1) is 13.6. The number of anilines is 1. The fraction of sp³-hybridized carbons (Fsp3) is 0.591. The van der Waals surface area contributed by atoms with Crippen molar-refractivity contribution in [2.24, 2.45) is 17.8 Å². The van der Waals surface area contributed by atoms with E-state index in [1.165, 1.54) is 38.5 Å². The van der Waals surface area contributed by atoms with Crippen molar-refractivity contribution in [3.8, 4) is 5.75 Å². The standard InChI is InChI=1S/C22H27N3O2S/c1-27-18-5-2-14(3-6-18)4-7-19(26)23-21-25-24-20(28-21)22-11-15-8-16(12-22)10-17(9-15)13-22/h2-3,5-6,15-17H,4,7-13H2,1H3,(H,23,25,26). The van der Waals surface area contributed by atoms with Crippen LogP contribution in [0.2, 0.25) is 0 Å². The second kappa shape index (κ2) is 7.14. The number of hydrogen-bond acceptors (Lipinski definition) is 5. The van der Waals surface area contributed by atoms with Crippen molar-refractivity contribution >= 4 is 22.4 Å². The Morgan fingerprint density at radius 2 is 1.75 bits per heavy atom. The molecule has 0 unspecified atom stereocenters. The van der Waals surface area contributed by atoms with E-state index in [0.29, 0.717) is 18.0 Å². The zero-order valence-corrected chi connectivity index (χ0v) is 17.1. The number of nitrogens with zero attached hydrogens (tertiary/aromatic N) is 2. The summed E-state index contributed by atoms with van der Waals surface area (Å²) in [4.78, 5) is 12.4. The molecule has 0 atom stereocenters. The van der Waals surface area contributed by atoms with Crippen molar-refractivity contribution in [3.05, 3.63) is 34.8 Å². The Morgan fingerprint density at radius 1 is 1.11 bits per heavy atom. The van der Waals surface area contributed by atoms with E-state index in [1.807, 2.05) is 24.3 Å². The van der Waals surface area contributed by atoms with Gasteiger partial charge in [0.2, 0.25) is 11.0 Å². The Hall–Kier alpha value is -1.95. The molecule has 5 nitrogen and oxygen atoms in total. The summed E-state index contributed by atoms with van der Waals surface area (Å²) in [6.07, 6.45) is 9.25. The third kappa shape index (κ3) is 3.43. The molecule has 148 valence electrons. The fourth-order valence-electron chi connectivity index (χ4n) is 6.09. The van der Waals surface area contributed by atoms with Crippen LogP contribution in [-0.2, 0) is 16.6 Å². The van der Waals surface area contributed by atoms with Gasteiger partial charge in [0, 0.05) is 11.8 Å². The van der Waals surface area contributed by atoms with Gasteiger partial charge >= 0.3 is 0 Å². The first-order valence-corrected chi connectivity index (χ1v) is 11.2. The summed E-state index contributed by atoms with van der Waals surface area (Å²) >= 11 is 1.61. The van der Waals surface area contributed by atoms with Crippen LogP contribution in [0.4, 0.5) is 5.13 Å². The molecule has 1 amide bonds. The lowest BCUT2D eigenvalue weighted by Gasteiger charge is -2.55. The maximum Gasteiger partial charge on any atom is 0.226 e. The molecule has 4 fully saturated rings. The monoisotopic (exact) mass is 397 g/mol. The second-order valence-electron chi connectivity index (χ2n) is 9.01. The van der Waals surface area contributed by atoms with Crippen molar-refractivity contribution < 1.29 is 9.53 Å². The summed E-state index contributed by atoms with van der Waals surface area (Å²) in [7, 11) is 1.65. The molecule has 1 aromatic carbocycles. The van der Waals surface area contributed by atoms with Crippen LogP contribution < -0.4 is 10.1 Å². The van der Waals surface area contributed by atoms with Crippen LogP contribution in [0.15, 0.2) is 24.3 Å². The third-order valence-corrected chi connectivity index (χ3v) is 8.05. The molecular weight excluding hydrogens is 370 g/mol. The number of benzene rings is 1. The van der Waals surface area contributed by atoms with E-state index in [1.54, 1.807) is 18.4 Å². The van der Waals surface area contributed by atoms with Crippen molar-refractivity contribution in [1.29, 1.82) is 0 Å². The van der Waals surface area contributed by atoms with Gasteiger partial charge in [-0.3, -0.25) is 4.79 Å². The van der Waals surface area contributed by atoms with Crippen LogP contribution in [0.3, 0.4) is 0 Å². The van der Waals surface area contributed by atoms with E-state index >= 15 is 0 Å². The molecule has 2 aromatic rings. The van der Waals surface area contributed by atoms with E-state index in [-0.39, 0.29) is 11.3 Å². The Balaban J connectivity index is 1.20. The first kappa shape index (κ1) is 18.1. The normalized spacial score (nSPS) is 30.4. The molecule has 4 saturated carbocycles. The minimum absolute atomic E-state index is 0.00373. The van der Waals surface area contributed by atoms with Crippen LogP contribution in [0.25, 0.3) is 0 Å². The zero-order chi connectivity index (χ0) is 19.1. The molecule has 0 saturated heterocycles. The van der Waals surface area contributed by atoms with Gasteiger partial charge in [-0.25, -0.2) is 0 Å². The smallest absolute Gasteiger partial charge is 0.226 e. The number of aromatic nitrogens is 2. The van der Waals surface area contributed by atoms with Gasteiger partial charge in [-0.15, -0.1) is 10.2 Å². The molecule has 4 bridgehead atoms. The number of carbonyl (C=O) groups is 1. The Kier molecular flexibility index (Phi) is 4.62. The molecule has 28 heavy (non-hydrogen) atoms. The quantitative estimate of drug-likeness (QED) is 0.774. The Morgan fingerprint density at radius 3 is 2.36 bits per heavy atom. The van der Waals surface area contributed by atoms with Crippen LogP contribution in [0.5, 0.6) is 5.75 Å². The number of methoxy groups -OCH3 is 1. The van der Waals surface area contributed by atoms with Gasteiger partial charge < -0.3 is 10.1 Å². The van der Waals surface area contributed by atoms with Gasteiger partial charge in [0.25, 0.3) is 0 Å². The summed E-state index contributed by atoms with van der Waals surface area (Å²) in [5, 5.41) is 13.6. The molecular formula is C22H27N3O2S. The molecule has 4 aliphatic rings. The van der Waals surface area contributed by atoms with Crippen molar-refractivity contribution in [1.82, 2.24) is 10.2 Å². The van der Waals surface area contributed by atoms with Gasteiger partial charge in [0.1, 0.15) is 10.8 Å². The molecule has 0 spiro atoms. The van der Waals surface area contributed by atoms with Gasteiger partial charge in [-0.05, 0) is 80.4 Å². The zero-order valence-electron chi connectivity index (χ0n) is 16.3. The average Bonchev–Trinajstić information content (AvgIpc) is 3.15. The second-order valence-corrected chi connectivity index (χ2v) is 9.98. The summed E-state index contributed by atoms with van der Waals surface area (Å²) in [6, 6.07) is 7.86. The number of rotatable bonds is 6. The molecule has 0 aliphatic heterocycles. The highest BCUT2D eigenvalue weighted by Gasteiger charge is 2.53. The van der Waals surface area contributed by atoms with Gasteiger partial charge in [0.05, 0.1) is 7.11 Å². The minimum Gasteiger partial charge on any atom is -0.497 e. The van der Waals surface area contributed by atoms with Crippen LogP contribution in [0.1, 0.15) is 55.5 Å². The summed E-state index contributed by atoms with van der Waals surface area (Å²) < 4.78 is 5.17. The third-order valence-electron chi connectivity index (χ3n) is 6.96. The summed E-state index contributed by atoms with van der Waals surface area (Å²) in [5.41, 5.74) is 1.38. The largest absolute Gasteiger partial charge is 0.497 e. The highest BCUT2D eigenvalue weighted by atomic mass is 32.1. The maximum atomic E-state index is 12.4. The predicted octanol–water partition coefficient (Wildman–Crippen LogP) is 4.59. The number of ether oxygens (including phenoxy) is 1. The molecule has 1 aromatic heterocycles.